The zero-order valence-electron chi connectivity index (χ0n) is 4.34. The Balaban J connectivity index is -0.00000000333. The Morgan fingerprint density at radius 2 is 0.857 bits per heavy atom. The maximum atomic E-state index is 2.12. The molecule has 0 saturated carbocycles. The SMILES string of the molecule is CCC.[Cl-].[Cl-].[Cl-].[Sn]. The Morgan fingerprint density at radius 1 is 0.857 bits per heavy atom. The van der Waals surface area contributed by atoms with Gasteiger partial charge in [-0.3, -0.25) is 0 Å². The molecule has 0 aliphatic heterocycles. The molecule has 0 unspecified atom stereocenters. The predicted molar refractivity (Wildman–Crippen MR) is 21.7 cm³/mol. The monoisotopic (exact) mass is 269 g/mol. The largest absolute Gasteiger partial charge is 1.00 e. The van der Waals surface area contributed by atoms with Crippen LogP contribution >= 0.6 is 0 Å². The minimum absolute atomic E-state index is 0. The zero-order chi connectivity index (χ0) is 2.71. The molecule has 0 aliphatic rings. The fourth-order valence-corrected chi connectivity index (χ4v) is 0. The molecule has 0 nitrogen and oxygen atoms in total. The summed E-state index contributed by atoms with van der Waals surface area (Å²) in [6.07, 6.45) is 1.25. The van der Waals surface area contributed by atoms with Gasteiger partial charge in [0.25, 0.3) is 0 Å². The Morgan fingerprint density at radius 3 is 0.857 bits per heavy atom. The summed E-state index contributed by atoms with van der Waals surface area (Å²) in [4.78, 5) is 0. The Kier molecular flexibility index (Phi) is 259. The van der Waals surface area contributed by atoms with Crippen LogP contribution in [0.4, 0.5) is 0 Å². The van der Waals surface area contributed by atoms with Gasteiger partial charge in [-0.15, -0.1) is 0 Å². The molecule has 4 heteroatoms. The second-order valence-corrected chi connectivity index (χ2v) is 0.707. The molecule has 0 aromatic carbocycles. The molecule has 0 saturated heterocycles. The van der Waals surface area contributed by atoms with Crippen molar-refractivity contribution in [2.45, 2.75) is 20.3 Å². The molecule has 48 valence electrons. The molecule has 0 rings (SSSR count). The van der Waals surface area contributed by atoms with E-state index in [1.165, 1.54) is 6.42 Å². The van der Waals surface area contributed by atoms with Gasteiger partial charge in [-0.25, -0.2) is 0 Å². The van der Waals surface area contributed by atoms with E-state index in [0.717, 1.165) is 0 Å². The van der Waals surface area contributed by atoms with E-state index in [1.54, 1.807) is 0 Å². The van der Waals surface area contributed by atoms with Crippen LogP contribution in [0.25, 0.3) is 0 Å². The van der Waals surface area contributed by atoms with E-state index in [-0.39, 0.29) is 61.1 Å². The average Bonchev–Trinajstić information content (AvgIpc) is 0.918. The third-order valence-electron chi connectivity index (χ3n) is 0. The molecule has 0 N–H and O–H groups in total. The van der Waals surface area contributed by atoms with E-state index >= 15 is 0 Å². The minimum atomic E-state index is 0. The van der Waals surface area contributed by atoms with E-state index in [2.05, 4.69) is 13.8 Å². The van der Waals surface area contributed by atoms with Crippen LogP contribution in [0.1, 0.15) is 20.3 Å². The van der Waals surface area contributed by atoms with Gasteiger partial charge in [-0.1, -0.05) is 20.3 Å². The number of hydrogen-bond donors (Lipinski definition) is 0. The standard InChI is InChI=1S/C3H8.3ClH.Sn/c1-3-2;;;;/h3H2,1-2H3;3*1H;/p-3. The smallest absolute Gasteiger partial charge is 0 e. The van der Waals surface area contributed by atoms with E-state index in [4.69, 9.17) is 0 Å². The van der Waals surface area contributed by atoms with Crippen molar-refractivity contribution in [1.29, 1.82) is 0 Å². The summed E-state index contributed by atoms with van der Waals surface area (Å²) in [5, 5.41) is 0. The first-order chi connectivity index (χ1) is 1.41. The molecule has 0 aromatic heterocycles. The summed E-state index contributed by atoms with van der Waals surface area (Å²) in [5.41, 5.74) is 0. The Labute approximate surface area is 81.0 Å². The van der Waals surface area contributed by atoms with Crippen molar-refractivity contribution in [1.82, 2.24) is 0 Å². The summed E-state index contributed by atoms with van der Waals surface area (Å²) >= 11 is 0. The number of halogens is 3. The predicted octanol–water partition coefficient (Wildman–Crippen LogP) is -7.95. The molecular formula is C3H8Cl3Sn-3. The molecule has 0 aromatic rings. The quantitative estimate of drug-likeness (QED) is 0.383. The van der Waals surface area contributed by atoms with Gasteiger partial charge in [0.05, 0.1) is 0 Å². The van der Waals surface area contributed by atoms with Crippen LogP contribution in [0.15, 0.2) is 0 Å². The van der Waals surface area contributed by atoms with Crippen LogP contribution in [0, 0.1) is 0 Å². The fourth-order valence-electron chi connectivity index (χ4n) is 0. The molecule has 0 atom stereocenters. The number of rotatable bonds is 0. The Hall–Kier alpha value is 1.67. The zero-order valence-corrected chi connectivity index (χ0v) is 9.46. The molecule has 0 bridgehead atoms. The van der Waals surface area contributed by atoms with E-state index in [1.807, 2.05) is 0 Å². The van der Waals surface area contributed by atoms with Crippen LogP contribution in [0.3, 0.4) is 0 Å². The summed E-state index contributed by atoms with van der Waals surface area (Å²) in [6.45, 7) is 4.25. The second-order valence-electron chi connectivity index (χ2n) is 0.707. The van der Waals surface area contributed by atoms with E-state index in [9.17, 15) is 0 Å². The molecule has 0 spiro atoms. The first kappa shape index (κ1) is 37.9. The normalized spacial score (nSPS) is 2.57. The van der Waals surface area contributed by atoms with Gasteiger partial charge in [-0.05, 0) is 0 Å². The first-order valence-electron chi connectivity index (χ1n) is 1.41. The van der Waals surface area contributed by atoms with Gasteiger partial charge in [0.15, 0.2) is 0 Å². The van der Waals surface area contributed by atoms with Crippen molar-refractivity contribution in [2.75, 3.05) is 0 Å². The van der Waals surface area contributed by atoms with Gasteiger partial charge in [0, 0.05) is 23.9 Å². The summed E-state index contributed by atoms with van der Waals surface area (Å²) in [7, 11) is 0. The maximum Gasteiger partial charge on any atom is 0 e. The van der Waals surface area contributed by atoms with Gasteiger partial charge in [0.2, 0.25) is 0 Å². The van der Waals surface area contributed by atoms with Crippen LogP contribution < -0.4 is 37.2 Å². The minimum Gasteiger partial charge on any atom is -1.00 e. The van der Waals surface area contributed by atoms with Gasteiger partial charge in [-0.2, -0.15) is 0 Å². The van der Waals surface area contributed by atoms with Crippen molar-refractivity contribution in [3.05, 3.63) is 0 Å². The van der Waals surface area contributed by atoms with Crippen molar-refractivity contribution in [2.24, 2.45) is 0 Å². The van der Waals surface area contributed by atoms with Crippen LogP contribution in [0.2, 0.25) is 0 Å². The summed E-state index contributed by atoms with van der Waals surface area (Å²) in [5.74, 6) is 0. The summed E-state index contributed by atoms with van der Waals surface area (Å²) in [6, 6.07) is 0. The van der Waals surface area contributed by atoms with Gasteiger partial charge < -0.3 is 37.2 Å². The molecular weight excluding hydrogens is 261 g/mol. The van der Waals surface area contributed by atoms with E-state index in [0.29, 0.717) is 0 Å². The van der Waals surface area contributed by atoms with Crippen molar-refractivity contribution >= 4 is 23.9 Å². The van der Waals surface area contributed by atoms with E-state index < -0.39 is 0 Å². The molecule has 0 fully saturated rings. The number of hydrogen-bond acceptors (Lipinski definition) is 0. The second kappa shape index (κ2) is 47.9. The molecule has 0 heterocycles. The molecule has 0 aliphatic carbocycles. The van der Waals surface area contributed by atoms with Gasteiger partial charge >= 0.3 is 0 Å². The first-order valence-corrected chi connectivity index (χ1v) is 1.41. The maximum absolute atomic E-state index is 2.12. The van der Waals surface area contributed by atoms with Gasteiger partial charge in [0.1, 0.15) is 0 Å². The average molecular weight is 269 g/mol. The Bertz CT molecular complexity index is 10.1. The van der Waals surface area contributed by atoms with Crippen molar-refractivity contribution in [3.63, 3.8) is 0 Å². The van der Waals surface area contributed by atoms with Crippen molar-refractivity contribution < 1.29 is 37.2 Å². The molecule has 0 amide bonds. The van der Waals surface area contributed by atoms with Crippen LogP contribution in [0.5, 0.6) is 0 Å². The molecule has 7 heavy (non-hydrogen) atoms. The third-order valence-corrected chi connectivity index (χ3v) is 0. The topological polar surface area (TPSA) is 0 Å². The third kappa shape index (κ3) is 88.5. The fraction of sp³-hybridized carbons (Fsp3) is 1.00. The molecule has 4 radical (unpaired) electrons. The van der Waals surface area contributed by atoms with Crippen molar-refractivity contribution in [3.8, 4) is 0 Å². The van der Waals surface area contributed by atoms with Crippen LogP contribution in [-0.2, 0) is 0 Å². The summed E-state index contributed by atoms with van der Waals surface area (Å²) < 4.78 is 0. The van der Waals surface area contributed by atoms with Crippen LogP contribution in [-0.4, -0.2) is 23.9 Å².